The molecule has 3 aromatic rings. The smallest absolute Gasteiger partial charge is 0.335 e. The normalized spacial score (nSPS) is 11.5. The number of ether oxygens (including phenoxy) is 1. The van der Waals surface area contributed by atoms with Gasteiger partial charge < -0.3 is 20.1 Å². The molecule has 0 aliphatic rings. The van der Waals surface area contributed by atoms with Crippen LogP contribution in [0.3, 0.4) is 0 Å². The van der Waals surface area contributed by atoms with Gasteiger partial charge in [0.2, 0.25) is 0 Å². The molecule has 0 aliphatic heterocycles. The van der Waals surface area contributed by atoms with Gasteiger partial charge in [0.15, 0.2) is 0 Å². The molecule has 0 bridgehead atoms. The second-order valence-corrected chi connectivity index (χ2v) is 8.93. The van der Waals surface area contributed by atoms with Crippen LogP contribution < -0.4 is 15.0 Å². The van der Waals surface area contributed by atoms with Gasteiger partial charge in [-0.15, -0.1) is 0 Å². The molecule has 0 saturated heterocycles. The highest BCUT2D eigenvalue weighted by molar-refractivity contribution is 6.04. The Kier molecular flexibility index (Phi) is 9.86. The van der Waals surface area contributed by atoms with E-state index < -0.39 is 5.97 Å². The first-order valence-corrected chi connectivity index (χ1v) is 12.4. The summed E-state index contributed by atoms with van der Waals surface area (Å²) in [5.74, 6) is 0.594. The van der Waals surface area contributed by atoms with E-state index in [0.717, 1.165) is 38.0 Å². The van der Waals surface area contributed by atoms with Gasteiger partial charge in [-0.1, -0.05) is 38.5 Å². The monoisotopic (exact) mass is 489 g/mol. The molecule has 0 radical (unpaired) electrons. The number of carbonyl (C=O) groups excluding carboxylic acids is 1. The van der Waals surface area contributed by atoms with Gasteiger partial charge in [-0.05, 0) is 73.2 Å². The first-order chi connectivity index (χ1) is 17.4. The molecule has 1 unspecified atom stereocenters. The lowest BCUT2D eigenvalue weighted by Crippen LogP contribution is -2.24. The van der Waals surface area contributed by atoms with Crippen molar-refractivity contribution < 1.29 is 19.4 Å². The van der Waals surface area contributed by atoms with Gasteiger partial charge in [0.25, 0.3) is 5.91 Å². The Morgan fingerprint density at radius 1 is 1.06 bits per heavy atom. The number of carboxylic acid groups (broad SMARTS) is 1. The second-order valence-electron chi connectivity index (χ2n) is 8.93. The fourth-order valence-corrected chi connectivity index (χ4v) is 3.83. The van der Waals surface area contributed by atoms with Gasteiger partial charge in [-0.2, -0.15) is 0 Å². The Balaban J connectivity index is 1.48. The molecule has 1 heterocycles. The van der Waals surface area contributed by atoms with E-state index in [4.69, 9.17) is 9.84 Å². The summed E-state index contributed by atoms with van der Waals surface area (Å²) in [7, 11) is 1.99. The van der Waals surface area contributed by atoms with E-state index in [1.807, 2.05) is 43.4 Å². The van der Waals surface area contributed by atoms with Crippen molar-refractivity contribution in [3.63, 3.8) is 0 Å². The van der Waals surface area contributed by atoms with Crippen LogP contribution in [-0.2, 0) is 6.42 Å². The fraction of sp³-hybridized carbons (Fsp3) is 0.345. The molecule has 0 spiro atoms. The lowest BCUT2D eigenvalue weighted by Gasteiger charge is -2.22. The highest BCUT2D eigenvalue weighted by atomic mass is 16.5. The lowest BCUT2D eigenvalue weighted by atomic mass is 10.0. The summed E-state index contributed by atoms with van der Waals surface area (Å²) in [5, 5.41) is 12.0. The zero-order chi connectivity index (χ0) is 25.9. The third kappa shape index (κ3) is 7.83. The highest BCUT2D eigenvalue weighted by Crippen LogP contribution is 2.19. The van der Waals surface area contributed by atoms with Crippen molar-refractivity contribution in [3.05, 3.63) is 83.6 Å². The first kappa shape index (κ1) is 26.7. The van der Waals surface area contributed by atoms with Gasteiger partial charge in [-0.25, -0.2) is 9.78 Å². The summed E-state index contributed by atoms with van der Waals surface area (Å²) in [5.41, 5.74) is 2.72. The summed E-state index contributed by atoms with van der Waals surface area (Å²) in [6.45, 7) is 5.57. The van der Waals surface area contributed by atoms with E-state index in [9.17, 15) is 9.59 Å². The molecule has 1 aromatic heterocycles. The summed E-state index contributed by atoms with van der Waals surface area (Å²) in [6, 6.07) is 18.0. The number of pyridine rings is 1. The Morgan fingerprint density at radius 3 is 2.47 bits per heavy atom. The zero-order valence-corrected chi connectivity index (χ0v) is 21.2. The minimum Gasteiger partial charge on any atom is -0.493 e. The molecular weight excluding hydrogens is 454 g/mol. The summed E-state index contributed by atoms with van der Waals surface area (Å²) in [6.07, 6.45) is 5.61. The van der Waals surface area contributed by atoms with Gasteiger partial charge in [0, 0.05) is 19.2 Å². The first-order valence-electron chi connectivity index (χ1n) is 12.4. The van der Waals surface area contributed by atoms with E-state index in [2.05, 4.69) is 29.0 Å². The van der Waals surface area contributed by atoms with Gasteiger partial charge in [-0.3, -0.25) is 4.79 Å². The van der Waals surface area contributed by atoms with Crippen molar-refractivity contribution in [2.24, 2.45) is 5.92 Å². The van der Waals surface area contributed by atoms with Crippen molar-refractivity contribution in [2.45, 2.75) is 39.5 Å². The average molecular weight is 490 g/mol. The maximum Gasteiger partial charge on any atom is 0.335 e. The van der Waals surface area contributed by atoms with E-state index in [1.54, 1.807) is 30.5 Å². The van der Waals surface area contributed by atoms with Crippen molar-refractivity contribution in [1.29, 1.82) is 0 Å². The molecular formula is C29H35N3O4. The quantitative estimate of drug-likeness (QED) is 0.310. The number of aryl methyl sites for hydroxylation is 1. The van der Waals surface area contributed by atoms with E-state index in [1.165, 1.54) is 5.56 Å². The van der Waals surface area contributed by atoms with E-state index >= 15 is 0 Å². The van der Waals surface area contributed by atoms with Crippen LogP contribution in [0, 0.1) is 5.92 Å². The average Bonchev–Trinajstić information content (AvgIpc) is 2.89. The number of hydrogen-bond acceptors (Lipinski definition) is 5. The van der Waals surface area contributed by atoms with Crippen LogP contribution in [0.5, 0.6) is 5.75 Å². The van der Waals surface area contributed by atoms with Crippen LogP contribution in [0.2, 0.25) is 0 Å². The standard InChI is InChI=1S/C29H35N3O4/c1-4-7-22-10-12-23(13-11-22)28(33)31-25-14-15-27(30-19-25)32(3)17-16-21(5-2)20-36-26-9-6-8-24(18-26)29(34)35/h6,8-15,18-19,21H,4-5,7,16-17,20H2,1-3H3,(H,31,33)(H,34,35). The molecule has 7 heteroatoms. The Bertz CT molecular complexity index is 1130. The van der Waals surface area contributed by atoms with Crippen LogP contribution in [0.1, 0.15) is 59.4 Å². The van der Waals surface area contributed by atoms with Crippen molar-refractivity contribution in [2.75, 3.05) is 30.4 Å². The number of aromatic carboxylic acids is 1. The number of benzene rings is 2. The molecule has 1 amide bonds. The zero-order valence-electron chi connectivity index (χ0n) is 21.2. The fourth-order valence-electron chi connectivity index (χ4n) is 3.83. The molecule has 3 rings (SSSR count). The Labute approximate surface area is 213 Å². The number of anilines is 2. The molecule has 0 fully saturated rings. The highest BCUT2D eigenvalue weighted by Gasteiger charge is 2.12. The third-order valence-corrected chi connectivity index (χ3v) is 6.17. The number of rotatable bonds is 13. The van der Waals surface area contributed by atoms with Gasteiger partial charge in [0.1, 0.15) is 11.6 Å². The predicted molar refractivity (Wildman–Crippen MR) is 143 cm³/mol. The molecule has 190 valence electrons. The maximum atomic E-state index is 12.5. The molecule has 1 atom stereocenters. The topological polar surface area (TPSA) is 91.8 Å². The predicted octanol–water partition coefficient (Wildman–Crippen LogP) is 5.92. The van der Waals surface area contributed by atoms with Crippen LogP contribution in [0.15, 0.2) is 66.9 Å². The van der Waals surface area contributed by atoms with Crippen LogP contribution >= 0.6 is 0 Å². The second kappa shape index (κ2) is 13.3. The van der Waals surface area contributed by atoms with Gasteiger partial charge >= 0.3 is 5.97 Å². The molecule has 0 saturated carbocycles. The summed E-state index contributed by atoms with van der Waals surface area (Å²) in [4.78, 5) is 30.3. The van der Waals surface area contributed by atoms with Crippen LogP contribution in [-0.4, -0.2) is 42.2 Å². The van der Waals surface area contributed by atoms with Gasteiger partial charge in [0.05, 0.1) is 24.1 Å². The van der Waals surface area contributed by atoms with E-state index in [0.29, 0.717) is 29.5 Å². The number of aromatic nitrogens is 1. The molecule has 0 aliphatic carbocycles. The molecule has 2 aromatic carbocycles. The lowest BCUT2D eigenvalue weighted by molar-refractivity contribution is 0.0696. The number of amides is 1. The Hall–Kier alpha value is -3.87. The minimum atomic E-state index is -0.965. The van der Waals surface area contributed by atoms with E-state index in [-0.39, 0.29) is 11.5 Å². The third-order valence-electron chi connectivity index (χ3n) is 6.17. The summed E-state index contributed by atoms with van der Waals surface area (Å²) >= 11 is 0. The number of carbonyl (C=O) groups is 2. The maximum absolute atomic E-state index is 12.5. The number of nitrogens with zero attached hydrogens (tertiary/aromatic N) is 2. The van der Waals surface area contributed by atoms with Crippen molar-refractivity contribution >= 4 is 23.4 Å². The Morgan fingerprint density at radius 2 is 1.83 bits per heavy atom. The summed E-state index contributed by atoms with van der Waals surface area (Å²) < 4.78 is 5.86. The number of carboxylic acids is 1. The molecule has 2 N–H and O–H groups in total. The number of nitrogens with one attached hydrogen (secondary N) is 1. The number of hydrogen-bond donors (Lipinski definition) is 2. The van der Waals surface area contributed by atoms with Crippen molar-refractivity contribution in [3.8, 4) is 5.75 Å². The molecule has 7 nitrogen and oxygen atoms in total. The minimum absolute atomic E-state index is 0.152. The van der Waals surface area contributed by atoms with Crippen LogP contribution in [0.25, 0.3) is 0 Å². The van der Waals surface area contributed by atoms with Crippen LogP contribution in [0.4, 0.5) is 11.5 Å². The van der Waals surface area contributed by atoms with Crippen molar-refractivity contribution in [1.82, 2.24) is 4.98 Å². The largest absolute Gasteiger partial charge is 0.493 e. The molecule has 36 heavy (non-hydrogen) atoms. The SMILES string of the molecule is CCCc1ccc(C(=O)Nc2ccc(N(C)CCC(CC)COc3cccc(C(=O)O)c3)nc2)cc1.